The highest BCUT2D eigenvalue weighted by atomic mass is 127. The Hall–Kier alpha value is -1.96. The summed E-state index contributed by atoms with van der Waals surface area (Å²) in [6.07, 6.45) is 5.43. The number of hydrogen-bond donors (Lipinski definition) is 1. The largest absolute Gasteiger partial charge is 0.478 e. The van der Waals surface area contributed by atoms with Crippen LogP contribution in [-0.4, -0.2) is 21.0 Å². The molecule has 0 spiro atoms. The standard InChI is InChI=1S/C13H9IN2O3/c14-10-2-4-11(5-3-10)19-13-15-7-9(8-16-13)1-6-12(17)18/h1-8H,(H,17,18)/b6-1+. The molecule has 96 valence electrons. The Morgan fingerprint density at radius 1 is 1.21 bits per heavy atom. The Morgan fingerprint density at radius 3 is 2.42 bits per heavy atom. The molecule has 0 aliphatic carbocycles. The number of aromatic nitrogens is 2. The van der Waals surface area contributed by atoms with Gasteiger partial charge in [-0.05, 0) is 52.9 Å². The molecule has 0 saturated carbocycles. The van der Waals surface area contributed by atoms with Gasteiger partial charge in [0.15, 0.2) is 0 Å². The van der Waals surface area contributed by atoms with Gasteiger partial charge in [0.1, 0.15) is 5.75 Å². The topological polar surface area (TPSA) is 72.3 Å². The summed E-state index contributed by atoms with van der Waals surface area (Å²) in [4.78, 5) is 18.3. The first-order chi connectivity index (χ1) is 9.13. The summed E-state index contributed by atoms with van der Waals surface area (Å²) in [6, 6.07) is 7.70. The first-order valence-corrected chi connectivity index (χ1v) is 6.38. The highest BCUT2D eigenvalue weighted by Gasteiger charge is 2.00. The maximum Gasteiger partial charge on any atom is 0.328 e. The number of carbonyl (C=O) groups is 1. The summed E-state index contributed by atoms with van der Waals surface area (Å²) in [6.45, 7) is 0. The highest BCUT2D eigenvalue weighted by molar-refractivity contribution is 14.1. The van der Waals surface area contributed by atoms with Crippen LogP contribution < -0.4 is 4.74 Å². The molecule has 0 amide bonds. The van der Waals surface area contributed by atoms with Crippen LogP contribution in [0.15, 0.2) is 42.7 Å². The van der Waals surface area contributed by atoms with Gasteiger partial charge in [-0.25, -0.2) is 14.8 Å². The van der Waals surface area contributed by atoms with E-state index in [1.165, 1.54) is 18.5 Å². The molecule has 1 aromatic heterocycles. The average molecular weight is 368 g/mol. The summed E-state index contributed by atoms with van der Waals surface area (Å²) in [5, 5.41) is 8.49. The zero-order valence-electron chi connectivity index (χ0n) is 9.65. The fourth-order valence-corrected chi connectivity index (χ4v) is 1.60. The van der Waals surface area contributed by atoms with Gasteiger partial charge in [0, 0.05) is 27.6 Å². The van der Waals surface area contributed by atoms with Gasteiger partial charge >= 0.3 is 12.0 Å². The van der Waals surface area contributed by atoms with E-state index < -0.39 is 5.97 Å². The molecule has 1 N–H and O–H groups in total. The van der Waals surface area contributed by atoms with Gasteiger partial charge in [-0.3, -0.25) is 0 Å². The number of carboxylic acid groups (broad SMARTS) is 1. The number of rotatable bonds is 4. The number of benzene rings is 1. The van der Waals surface area contributed by atoms with Gasteiger partial charge in [-0.15, -0.1) is 0 Å². The van der Waals surface area contributed by atoms with E-state index in [-0.39, 0.29) is 6.01 Å². The minimum atomic E-state index is -1.01. The van der Waals surface area contributed by atoms with Crippen molar-refractivity contribution in [2.45, 2.75) is 0 Å². The van der Waals surface area contributed by atoms with Crippen LogP contribution >= 0.6 is 22.6 Å². The van der Waals surface area contributed by atoms with Crippen molar-refractivity contribution in [3.05, 3.63) is 51.9 Å². The molecule has 0 aliphatic heterocycles. The molecule has 5 nitrogen and oxygen atoms in total. The van der Waals surface area contributed by atoms with Gasteiger partial charge < -0.3 is 9.84 Å². The van der Waals surface area contributed by atoms with Gasteiger partial charge in [0.2, 0.25) is 0 Å². The second-order valence-electron chi connectivity index (χ2n) is 3.53. The van der Waals surface area contributed by atoms with E-state index in [9.17, 15) is 4.79 Å². The molecular formula is C13H9IN2O3. The molecule has 6 heteroatoms. The first kappa shape index (κ1) is 13.5. The lowest BCUT2D eigenvalue weighted by Crippen LogP contribution is -1.92. The molecule has 1 aromatic carbocycles. The summed E-state index contributed by atoms with van der Waals surface area (Å²) in [5.74, 6) is -0.367. The maximum absolute atomic E-state index is 10.4. The number of ether oxygens (including phenoxy) is 1. The third kappa shape index (κ3) is 4.32. The van der Waals surface area contributed by atoms with Crippen LogP contribution in [0.3, 0.4) is 0 Å². The quantitative estimate of drug-likeness (QED) is 0.664. The third-order valence-electron chi connectivity index (χ3n) is 2.09. The number of carboxylic acids is 1. The second-order valence-corrected chi connectivity index (χ2v) is 4.77. The Bertz CT molecular complexity index is 594. The van der Waals surface area contributed by atoms with Crippen molar-refractivity contribution < 1.29 is 14.6 Å². The molecule has 19 heavy (non-hydrogen) atoms. The Balaban J connectivity index is 2.06. The highest BCUT2D eigenvalue weighted by Crippen LogP contribution is 2.18. The van der Waals surface area contributed by atoms with Crippen molar-refractivity contribution in [1.82, 2.24) is 9.97 Å². The molecule has 0 atom stereocenters. The van der Waals surface area contributed by atoms with E-state index in [0.29, 0.717) is 11.3 Å². The summed E-state index contributed by atoms with van der Waals surface area (Å²) >= 11 is 2.20. The van der Waals surface area contributed by atoms with Crippen molar-refractivity contribution in [3.63, 3.8) is 0 Å². The van der Waals surface area contributed by atoms with Crippen LogP contribution in [0.4, 0.5) is 0 Å². The van der Waals surface area contributed by atoms with Crippen LogP contribution in [0.5, 0.6) is 11.8 Å². The third-order valence-corrected chi connectivity index (χ3v) is 2.81. The van der Waals surface area contributed by atoms with Crippen LogP contribution in [0, 0.1) is 3.57 Å². The van der Waals surface area contributed by atoms with Crippen LogP contribution in [0.25, 0.3) is 6.08 Å². The van der Waals surface area contributed by atoms with Gasteiger partial charge in [0.05, 0.1) is 0 Å². The monoisotopic (exact) mass is 368 g/mol. The van der Waals surface area contributed by atoms with E-state index in [1.807, 2.05) is 24.3 Å². The lowest BCUT2D eigenvalue weighted by molar-refractivity contribution is -0.131. The predicted octanol–water partition coefficient (Wildman–Crippen LogP) is 2.97. The summed E-state index contributed by atoms with van der Waals surface area (Å²) in [5.41, 5.74) is 0.595. The second kappa shape index (κ2) is 6.28. The van der Waals surface area contributed by atoms with Crippen molar-refractivity contribution in [1.29, 1.82) is 0 Å². The molecule has 0 aliphatic rings. The number of hydrogen-bond acceptors (Lipinski definition) is 4. The zero-order chi connectivity index (χ0) is 13.7. The molecule has 0 fully saturated rings. The minimum Gasteiger partial charge on any atom is -0.478 e. The number of aliphatic carboxylic acids is 1. The fraction of sp³-hybridized carbons (Fsp3) is 0. The van der Waals surface area contributed by atoms with Crippen molar-refractivity contribution in [2.75, 3.05) is 0 Å². The molecule has 0 saturated heterocycles. The molecular weight excluding hydrogens is 359 g/mol. The lowest BCUT2D eigenvalue weighted by Gasteiger charge is -2.03. The normalized spacial score (nSPS) is 10.6. The maximum atomic E-state index is 10.4. The van der Waals surface area contributed by atoms with Gasteiger partial charge in [-0.2, -0.15) is 0 Å². The van der Waals surface area contributed by atoms with Gasteiger partial charge in [-0.1, -0.05) is 0 Å². The Labute approximate surface area is 123 Å². The minimum absolute atomic E-state index is 0.216. The predicted molar refractivity (Wildman–Crippen MR) is 77.9 cm³/mol. The zero-order valence-corrected chi connectivity index (χ0v) is 11.8. The Kier molecular flexibility index (Phi) is 4.45. The first-order valence-electron chi connectivity index (χ1n) is 5.30. The summed E-state index contributed by atoms with van der Waals surface area (Å²) < 4.78 is 6.56. The van der Waals surface area contributed by atoms with Crippen LogP contribution in [0.1, 0.15) is 5.56 Å². The van der Waals surface area contributed by atoms with Gasteiger partial charge in [0.25, 0.3) is 0 Å². The fourth-order valence-electron chi connectivity index (χ4n) is 1.24. The van der Waals surface area contributed by atoms with Crippen LogP contribution in [0.2, 0.25) is 0 Å². The summed E-state index contributed by atoms with van der Waals surface area (Å²) in [7, 11) is 0. The van der Waals surface area contributed by atoms with Crippen molar-refractivity contribution in [2.24, 2.45) is 0 Å². The molecule has 2 aromatic rings. The molecule has 0 bridgehead atoms. The van der Waals surface area contributed by atoms with Crippen molar-refractivity contribution in [3.8, 4) is 11.8 Å². The van der Waals surface area contributed by atoms with E-state index in [1.54, 1.807) is 0 Å². The molecule has 0 radical (unpaired) electrons. The van der Waals surface area contributed by atoms with Crippen molar-refractivity contribution >= 4 is 34.6 Å². The van der Waals surface area contributed by atoms with Crippen LogP contribution in [-0.2, 0) is 4.79 Å². The molecule has 1 heterocycles. The van der Waals surface area contributed by atoms with E-state index in [4.69, 9.17) is 9.84 Å². The Morgan fingerprint density at radius 2 is 1.84 bits per heavy atom. The number of halogens is 1. The van der Waals surface area contributed by atoms with E-state index in [0.717, 1.165) is 9.65 Å². The molecule has 0 unspecified atom stereocenters. The average Bonchev–Trinajstić information content (AvgIpc) is 2.40. The smallest absolute Gasteiger partial charge is 0.328 e. The SMILES string of the molecule is O=C(O)/C=C/c1cnc(Oc2ccc(I)cc2)nc1. The van der Waals surface area contributed by atoms with E-state index >= 15 is 0 Å². The molecule has 2 rings (SSSR count). The number of nitrogens with zero attached hydrogens (tertiary/aromatic N) is 2. The van der Waals surface area contributed by atoms with E-state index in [2.05, 4.69) is 32.6 Å². The lowest BCUT2D eigenvalue weighted by atomic mass is 10.3.